The van der Waals surface area contributed by atoms with Crippen LogP contribution in [0.15, 0.2) is 29.2 Å². The van der Waals surface area contributed by atoms with Gasteiger partial charge in [-0.25, -0.2) is 8.42 Å². The monoisotopic (exact) mass is 350 g/mol. The third kappa shape index (κ3) is 3.61. The van der Waals surface area contributed by atoms with Crippen LogP contribution >= 0.6 is 0 Å². The summed E-state index contributed by atoms with van der Waals surface area (Å²) in [4.78, 5) is -0.449. The molecule has 23 heavy (non-hydrogen) atoms. The highest BCUT2D eigenvalue weighted by Gasteiger charge is 2.38. The van der Waals surface area contributed by atoms with Crippen LogP contribution in [-0.2, 0) is 10.0 Å². The van der Waals surface area contributed by atoms with Gasteiger partial charge in [0.05, 0.1) is 0 Å². The molecule has 0 spiro atoms. The van der Waals surface area contributed by atoms with E-state index in [0.717, 1.165) is 25.0 Å². The zero-order chi connectivity index (χ0) is 16.7. The highest BCUT2D eigenvalue weighted by Crippen LogP contribution is 2.32. The largest absolute Gasteiger partial charge is 0.573 e. The van der Waals surface area contributed by atoms with E-state index in [9.17, 15) is 21.6 Å². The fourth-order valence-corrected chi connectivity index (χ4v) is 4.76. The van der Waals surface area contributed by atoms with Gasteiger partial charge >= 0.3 is 6.36 Å². The highest BCUT2D eigenvalue weighted by molar-refractivity contribution is 7.89. The van der Waals surface area contributed by atoms with Gasteiger partial charge in [0, 0.05) is 25.2 Å². The molecule has 2 bridgehead atoms. The highest BCUT2D eigenvalue weighted by atomic mass is 32.2. The van der Waals surface area contributed by atoms with Crippen LogP contribution in [-0.4, -0.2) is 44.3 Å². The van der Waals surface area contributed by atoms with Gasteiger partial charge in [-0.15, -0.1) is 13.2 Å². The van der Waals surface area contributed by atoms with Crippen LogP contribution in [0.4, 0.5) is 13.2 Å². The molecular weight excluding hydrogens is 333 g/mol. The van der Waals surface area contributed by atoms with Crippen LogP contribution in [0, 0.1) is 0 Å². The summed E-state index contributed by atoms with van der Waals surface area (Å²) in [6.45, 7) is 0.552. The Kier molecular flexibility index (Phi) is 4.28. The second-order valence-electron chi connectivity index (χ2n) is 5.78. The smallest absolute Gasteiger partial charge is 0.404 e. The SMILES string of the molecule is O=S(=O)(c1ccccc1OC(F)(F)F)N1CCC2CCC(C1)N2. The minimum absolute atomic E-state index is 0.0490. The molecule has 1 N–H and O–H groups in total. The predicted octanol–water partition coefficient (Wildman–Crippen LogP) is 2.10. The summed E-state index contributed by atoms with van der Waals surface area (Å²) in [5.41, 5.74) is 0. The van der Waals surface area contributed by atoms with Crippen LogP contribution in [0.2, 0.25) is 0 Å². The van der Waals surface area contributed by atoms with Gasteiger partial charge < -0.3 is 10.1 Å². The lowest BCUT2D eigenvalue weighted by Gasteiger charge is -2.24. The molecule has 0 aliphatic carbocycles. The van der Waals surface area contributed by atoms with Crippen LogP contribution < -0.4 is 10.1 Å². The van der Waals surface area contributed by atoms with Crippen molar-refractivity contribution >= 4 is 10.0 Å². The lowest BCUT2D eigenvalue weighted by atomic mass is 10.1. The molecule has 1 aromatic carbocycles. The molecule has 1 aromatic rings. The number of rotatable bonds is 3. The Morgan fingerprint density at radius 2 is 1.83 bits per heavy atom. The first-order chi connectivity index (χ1) is 10.8. The Morgan fingerprint density at radius 1 is 1.13 bits per heavy atom. The minimum atomic E-state index is -4.94. The maximum Gasteiger partial charge on any atom is 0.573 e. The predicted molar refractivity (Wildman–Crippen MR) is 76.4 cm³/mol. The number of alkyl halides is 3. The number of hydrogen-bond donors (Lipinski definition) is 1. The zero-order valence-corrected chi connectivity index (χ0v) is 13.0. The molecule has 2 saturated heterocycles. The third-order valence-corrected chi connectivity index (χ3v) is 6.08. The minimum Gasteiger partial charge on any atom is -0.404 e. The molecule has 2 heterocycles. The fourth-order valence-electron chi connectivity index (χ4n) is 3.14. The van der Waals surface area contributed by atoms with E-state index >= 15 is 0 Å². The molecule has 2 unspecified atom stereocenters. The Labute approximate surface area is 132 Å². The van der Waals surface area contributed by atoms with Crippen LogP contribution in [0.1, 0.15) is 19.3 Å². The number of hydrogen-bond acceptors (Lipinski definition) is 4. The molecule has 128 valence electrons. The van der Waals surface area contributed by atoms with Crippen LogP contribution in [0.3, 0.4) is 0 Å². The standard InChI is InChI=1S/C14H17F3N2O3S/c15-14(16,17)22-12-3-1-2-4-13(12)23(20,21)19-8-7-10-5-6-11(9-19)18-10/h1-4,10-11,18H,5-9H2. The molecular formula is C14H17F3N2O3S. The van der Waals surface area contributed by atoms with E-state index in [0.29, 0.717) is 6.42 Å². The fraction of sp³-hybridized carbons (Fsp3) is 0.571. The number of fused-ring (bicyclic) bond motifs is 2. The average Bonchev–Trinajstić information content (AvgIpc) is 2.76. The van der Waals surface area contributed by atoms with Crippen molar-refractivity contribution in [2.45, 2.75) is 42.6 Å². The summed E-state index contributed by atoms with van der Waals surface area (Å²) in [5.74, 6) is -0.692. The Bertz CT molecular complexity index is 678. The Balaban J connectivity index is 1.90. The normalized spacial score (nSPS) is 26.0. The zero-order valence-electron chi connectivity index (χ0n) is 12.2. The molecule has 2 aliphatic rings. The van der Waals surface area contributed by atoms with Crippen molar-refractivity contribution in [3.63, 3.8) is 0 Å². The lowest BCUT2D eigenvalue weighted by molar-refractivity contribution is -0.275. The number of benzene rings is 1. The molecule has 5 nitrogen and oxygen atoms in total. The van der Waals surface area contributed by atoms with E-state index in [1.54, 1.807) is 0 Å². The molecule has 0 aromatic heterocycles. The first-order valence-electron chi connectivity index (χ1n) is 7.37. The summed E-state index contributed by atoms with van der Waals surface area (Å²) in [5, 5.41) is 3.34. The van der Waals surface area contributed by atoms with Crippen molar-refractivity contribution in [3.8, 4) is 5.75 Å². The van der Waals surface area contributed by atoms with E-state index in [1.807, 2.05) is 0 Å². The summed E-state index contributed by atoms with van der Waals surface area (Å²) in [6, 6.07) is 5.19. The first kappa shape index (κ1) is 16.5. The average molecular weight is 350 g/mol. The number of nitrogens with one attached hydrogen (secondary N) is 1. The molecule has 0 saturated carbocycles. The maximum atomic E-state index is 12.8. The van der Waals surface area contributed by atoms with Gasteiger partial charge in [-0.05, 0) is 31.4 Å². The van der Waals surface area contributed by atoms with Gasteiger partial charge in [-0.2, -0.15) is 4.31 Å². The molecule has 0 radical (unpaired) electrons. The van der Waals surface area contributed by atoms with Gasteiger partial charge in [-0.1, -0.05) is 12.1 Å². The Morgan fingerprint density at radius 3 is 2.57 bits per heavy atom. The molecule has 0 amide bonds. The third-order valence-electron chi connectivity index (χ3n) is 4.18. The van der Waals surface area contributed by atoms with Gasteiger partial charge in [0.1, 0.15) is 10.6 Å². The summed E-state index contributed by atoms with van der Waals surface area (Å²) in [6.07, 6.45) is -2.41. The summed E-state index contributed by atoms with van der Waals surface area (Å²) in [7, 11) is -4.04. The van der Waals surface area contributed by atoms with Crippen molar-refractivity contribution in [2.75, 3.05) is 13.1 Å². The summed E-state index contributed by atoms with van der Waals surface area (Å²) >= 11 is 0. The second-order valence-corrected chi connectivity index (χ2v) is 7.69. The van der Waals surface area contributed by atoms with Crippen LogP contribution in [0.25, 0.3) is 0 Å². The van der Waals surface area contributed by atoms with E-state index < -0.39 is 27.0 Å². The molecule has 9 heteroatoms. The molecule has 3 rings (SSSR count). The quantitative estimate of drug-likeness (QED) is 0.907. The first-order valence-corrected chi connectivity index (χ1v) is 8.81. The van der Waals surface area contributed by atoms with Crippen molar-refractivity contribution in [2.24, 2.45) is 0 Å². The van der Waals surface area contributed by atoms with Crippen LogP contribution in [0.5, 0.6) is 5.75 Å². The van der Waals surface area contributed by atoms with Crippen molar-refractivity contribution in [3.05, 3.63) is 24.3 Å². The number of halogens is 3. The van der Waals surface area contributed by atoms with Gasteiger partial charge in [-0.3, -0.25) is 0 Å². The van der Waals surface area contributed by atoms with Gasteiger partial charge in [0.25, 0.3) is 0 Å². The van der Waals surface area contributed by atoms with Crippen molar-refractivity contribution < 1.29 is 26.3 Å². The van der Waals surface area contributed by atoms with E-state index in [1.165, 1.54) is 16.4 Å². The van der Waals surface area contributed by atoms with Crippen molar-refractivity contribution in [1.82, 2.24) is 9.62 Å². The van der Waals surface area contributed by atoms with Gasteiger partial charge in [0.15, 0.2) is 0 Å². The molecule has 2 atom stereocenters. The van der Waals surface area contributed by atoms with E-state index in [-0.39, 0.29) is 25.2 Å². The van der Waals surface area contributed by atoms with E-state index in [4.69, 9.17) is 0 Å². The number of nitrogens with zero attached hydrogens (tertiary/aromatic N) is 1. The van der Waals surface area contributed by atoms with Gasteiger partial charge in [0.2, 0.25) is 10.0 Å². The second kappa shape index (κ2) is 5.95. The summed E-state index contributed by atoms with van der Waals surface area (Å²) < 4.78 is 68.2. The van der Waals surface area contributed by atoms with E-state index in [2.05, 4.69) is 10.1 Å². The topological polar surface area (TPSA) is 58.6 Å². The Hall–Kier alpha value is -1.32. The van der Waals surface area contributed by atoms with Crippen molar-refractivity contribution in [1.29, 1.82) is 0 Å². The number of sulfonamides is 1. The molecule has 2 fully saturated rings. The number of ether oxygens (including phenoxy) is 1. The molecule has 2 aliphatic heterocycles. The number of para-hydroxylation sites is 1. The lowest BCUT2D eigenvalue weighted by Crippen LogP contribution is -2.39. The maximum absolute atomic E-state index is 12.8.